The van der Waals surface area contributed by atoms with E-state index >= 15 is 0 Å². The smallest absolute Gasteiger partial charge is 0.255 e. The largest absolute Gasteiger partial charge is 0.338 e. The van der Waals surface area contributed by atoms with Crippen LogP contribution in [0.15, 0.2) is 18.2 Å². The molecule has 2 nitrogen and oxygen atoms in total. The second-order valence-corrected chi connectivity index (χ2v) is 6.60. The Morgan fingerprint density at radius 2 is 2.17 bits per heavy atom. The van der Waals surface area contributed by atoms with Crippen molar-refractivity contribution in [1.29, 1.82) is 0 Å². The number of alkyl halides is 1. The van der Waals surface area contributed by atoms with E-state index in [2.05, 4.69) is 22.9 Å². The van der Waals surface area contributed by atoms with Gasteiger partial charge in [0.25, 0.3) is 5.91 Å². The minimum absolute atomic E-state index is 0.0336. The minimum Gasteiger partial charge on any atom is -0.338 e. The number of rotatable bonds is 1. The Bertz CT molecular complexity index is 466. The molecule has 1 aliphatic rings. The van der Waals surface area contributed by atoms with Gasteiger partial charge in [0.15, 0.2) is 0 Å². The van der Waals surface area contributed by atoms with E-state index in [1.165, 1.54) is 0 Å². The molecule has 18 heavy (non-hydrogen) atoms. The minimum atomic E-state index is -0.0336. The van der Waals surface area contributed by atoms with Gasteiger partial charge in [-0.25, -0.2) is 0 Å². The predicted molar refractivity (Wildman–Crippen MR) is 78.9 cm³/mol. The van der Waals surface area contributed by atoms with Crippen LogP contribution < -0.4 is 0 Å². The number of piperidine rings is 1. The molecule has 0 bridgehead atoms. The van der Waals surface area contributed by atoms with E-state index in [9.17, 15) is 4.79 Å². The highest BCUT2D eigenvalue weighted by Crippen LogP contribution is 2.29. The van der Waals surface area contributed by atoms with Gasteiger partial charge in [-0.2, -0.15) is 0 Å². The lowest BCUT2D eigenvalue weighted by Crippen LogP contribution is -2.43. The van der Waals surface area contributed by atoms with E-state index in [1.807, 2.05) is 4.90 Å². The van der Waals surface area contributed by atoms with Crippen LogP contribution in [0.3, 0.4) is 0 Å². The lowest BCUT2D eigenvalue weighted by Gasteiger charge is -2.34. The van der Waals surface area contributed by atoms with Crippen LogP contribution in [0, 0.1) is 5.92 Å². The van der Waals surface area contributed by atoms with Gasteiger partial charge in [0.2, 0.25) is 0 Å². The molecule has 1 amide bonds. The average Bonchev–Trinajstić information content (AvgIpc) is 2.35. The molecular weight excluding hydrogens is 337 g/mol. The maximum Gasteiger partial charge on any atom is 0.255 e. The summed E-state index contributed by atoms with van der Waals surface area (Å²) in [7, 11) is 0. The zero-order valence-electron chi connectivity index (χ0n) is 10.00. The van der Waals surface area contributed by atoms with E-state index < -0.39 is 0 Å². The number of amides is 1. The quantitative estimate of drug-likeness (QED) is 0.694. The van der Waals surface area contributed by atoms with E-state index in [-0.39, 0.29) is 5.91 Å². The normalized spacial score (nSPS) is 24.1. The van der Waals surface area contributed by atoms with Gasteiger partial charge in [0.05, 0.1) is 15.6 Å². The fourth-order valence-corrected chi connectivity index (χ4v) is 2.89. The van der Waals surface area contributed by atoms with Gasteiger partial charge in [0, 0.05) is 17.9 Å². The number of nitrogens with zero attached hydrogens (tertiary/aromatic N) is 1. The second kappa shape index (κ2) is 5.81. The summed E-state index contributed by atoms with van der Waals surface area (Å²) < 4.78 is 0. The van der Waals surface area contributed by atoms with Gasteiger partial charge in [0.1, 0.15) is 0 Å². The molecule has 5 heteroatoms. The Labute approximate surface area is 125 Å². The first-order valence-corrected chi connectivity index (χ1v) is 7.55. The highest BCUT2D eigenvalue weighted by atomic mass is 79.9. The van der Waals surface area contributed by atoms with E-state index in [0.29, 0.717) is 26.4 Å². The number of hydrogen-bond donors (Lipinski definition) is 0. The fraction of sp³-hybridized carbons (Fsp3) is 0.462. The Balaban J connectivity index is 2.19. The van der Waals surface area contributed by atoms with E-state index in [4.69, 9.17) is 23.2 Å². The van der Waals surface area contributed by atoms with Crippen LogP contribution in [0.25, 0.3) is 0 Å². The van der Waals surface area contributed by atoms with Crippen LogP contribution in [0.5, 0.6) is 0 Å². The third-order valence-electron chi connectivity index (χ3n) is 3.27. The number of hydrogen-bond acceptors (Lipinski definition) is 1. The van der Waals surface area contributed by atoms with Crippen molar-refractivity contribution < 1.29 is 4.79 Å². The molecule has 0 N–H and O–H groups in total. The van der Waals surface area contributed by atoms with Crippen LogP contribution in [0.4, 0.5) is 0 Å². The summed E-state index contributed by atoms with van der Waals surface area (Å²) in [6.07, 6.45) is 0.963. The average molecular weight is 351 g/mol. The Morgan fingerprint density at radius 3 is 2.83 bits per heavy atom. The summed E-state index contributed by atoms with van der Waals surface area (Å²) in [5, 5.41) is 0.767. The molecule has 0 aromatic heterocycles. The number of likely N-dealkylation sites (tertiary alicyclic amines) is 1. The van der Waals surface area contributed by atoms with Gasteiger partial charge >= 0.3 is 0 Å². The van der Waals surface area contributed by atoms with Crippen molar-refractivity contribution in [2.45, 2.75) is 18.2 Å². The lowest BCUT2D eigenvalue weighted by molar-refractivity contribution is 0.0690. The van der Waals surface area contributed by atoms with Crippen molar-refractivity contribution in [3.63, 3.8) is 0 Å². The maximum atomic E-state index is 12.4. The number of halogens is 3. The molecule has 2 rings (SSSR count). The molecule has 1 heterocycles. The first-order valence-electron chi connectivity index (χ1n) is 5.88. The van der Waals surface area contributed by atoms with E-state index in [1.54, 1.807) is 18.2 Å². The Morgan fingerprint density at radius 1 is 1.44 bits per heavy atom. The molecule has 1 aromatic carbocycles. The SMILES string of the molecule is CC1CN(C(=O)c2cccc(Cl)c2Cl)CCC1Br. The third kappa shape index (κ3) is 2.84. The molecule has 2 unspecified atom stereocenters. The summed E-state index contributed by atoms with van der Waals surface area (Å²) in [5.74, 6) is 0.411. The molecule has 0 aliphatic carbocycles. The van der Waals surface area contributed by atoms with Crippen LogP contribution in [-0.4, -0.2) is 28.7 Å². The van der Waals surface area contributed by atoms with Crippen LogP contribution in [0.2, 0.25) is 10.0 Å². The zero-order chi connectivity index (χ0) is 13.3. The first kappa shape index (κ1) is 14.2. The molecule has 2 atom stereocenters. The molecule has 1 aromatic rings. The summed E-state index contributed by atoms with van der Waals surface area (Å²) in [4.78, 5) is 14.7. The lowest BCUT2D eigenvalue weighted by atomic mass is 9.99. The summed E-state index contributed by atoms with van der Waals surface area (Å²) in [5.41, 5.74) is 0.490. The van der Waals surface area contributed by atoms with Gasteiger partial charge < -0.3 is 4.90 Å². The first-order chi connectivity index (χ1) is 8.50. The van der Waals surface area contributed by atoms with E-state index in [0.717, 1.165) is 19.5 Å². The molecule has 0 spiro atoms. The van der Waals surface area contributed by atoms with Crippen molar-refractivity contribution in [1.82, 2.24) is 4.90 Å². The monoisotopic (exact) mass is 349 g/mol. The zero-order valence-corrected chi connectivity index (χ0v) is 13.1. The fourth-order valence-electron chi connectivity index (χ4n) is 2.14. The Kier molecular flexibility index (Phi) is 4.57. The van der Waals surface area contributed by atoms with Crippen molar-refractivity contribution >= 4 is 45.0 Å². The van der Waals surface area contributed by atoms with Crippen molar-refractivity contribution in [3.8, 4) is 0 Å². The van der Waals surface area contributed by atoms with Gasteiger partial charge in [-0.05, 0) is 24.5 Å². The summed E-state index contributed by atoms with van der Waals surface area (Å²) in [6.45, 7) is 3.64. The van der Waals surface area contributed by atoms with Gasteiger partial charge in [-0.3, -0.25) is 4.79 Å². The molecule has 0 saturated carbocycles. The second-order valence-electron chi connectivity index (χ2n) is 4.63. The predicted octanol–water partition coefficient (Wildman–Crippen LogP) is 4.24. The number of carbonyl (C=O) groups excluding carboxylic acids is 1. The van der Waals surface area contributed by atoms with Crippen molar-refractivity contribution in [3.05, 3.63) is 33.8 Å². The highest BCUT2D eigenvalue weighted by Gasteiger charge is 2.28. The number of carbonyl (C=O) groups is 1. The Hall–Kier alpha value is -0.250. The summed E-state index contributed by atoms with van der Waals surface area (Å²) >= 11 is 15.6. The van der Waals surface area contributed by atoms with Gasteiger partial charge in [-0.15, -0.1) is 0 Å². The third-order valence-corrected chi connectivity index (χ3v) is 5.45. The maximum absolute atomic E-state index is 12.4. The van der Waals surface area contributed by atoms with Gasteiger partial charge in [-0.1, -0.05) is 52.1 Å². The van der Waals surface area contributed by atoms with Crippen LogP contribution in [0.1, 0.15) is 23.7 Å². The standard InChI is InChI=1S/C13H14BrCl2NO/c1-8-7-17(6-5-10(8)14)13(18)9-3-2-4-11(15)12(9)16/h2-4,8,10H,5-7H2,1H3. The molecule has 1 saturated heterocycles. The molecule has 1 aliphatic heterocycles. The molecule has 1 fully saturated rings. The topological polar surface area (TPSA) is 20.3 Å². The van der Waals surface area contributed by atoms with Crippen molar-refractivity contribution in [2.75, 3.05) is 13.1 Å². The summed E-state index contributed by atoms with van der Waals surface area (Å²) in [6, 6.07) is 5.16. The van der Waals surface area contributed by atoms with Crippen LogP contribution >= 0.6 is 39.1 Å². The number of benzene rings is 1. The molecule has 0 radical (unpaired) electrons. The van der Waals surface area contributed by atoms with Crippen molar-refractivity contribution in [2.24, 2.45) is 5.92 Å². The highest BCUT2D eigenvalue weighted by molar-refractivity contribution is 9.09. The van der Waals surface area contributed by atoms with Crippen LogP contribution in [-0.2, 0) is 0 Å². The molecule has 98 valence electrons. The molecular formula is C13H14BrCl2NO.